The van der Waals surface area contributed by atoms with Gasteiger partial charge in [-0.1, -0.05) is 6.07 Å². The lowest BCUT2D eigenvalue weighted by atomic mass is 9.93. The van der Waals surface area contributed by atoms with Crippen molar-refractivity contribution in [3.05, 3.63) is 47.7 Å². The standard InChI is InChI=1S/C21H19F7N2O6S2/c1-37(32,33)18-15(5-6-16(30-18)20(23,24)25)17(31)29-12-7-9-19(22,10-8-12)38(34,35)14-4-2-3-13(11-14)36-21(26,27)28/h2-6,11-12H,7-10H2,1H3,(H,29,31)/t12-,19-. The molecule has 2 aromatic rings. The minimum Gasteiger partial charge on any atom is -0.406 e. The molecule has 1 aromatic heterocycles. The Bertz CT molecular complexity index is 1430. The number of sulfone groups is 2. The van der Waals surface area contributed by atoms with Gasteiger partial charge >= 0.3 is 12.5 Å². The summed E-state index contributed by atoms with van der Waals surface area (Å²) in [5.41, 5.74) is -2.23. The van der Waals surface area contributed by atoms with Crippen LogP contribution in [0.15, 0.2) is 46.3 Å². The molecule has 1 N–H and O–H groups in total. The Morgan fingerprint density at radius 2 is 1.63 bits per heavy atom. The molecule has 1 amide bonds. The summed E-state index contributed by atoms with van der Waals surface area (Å²) in [6.45, 7) is 0. The van der Waals surface area contributed by atoms with E-state index in [1.807, 2.05) is 0 Å². The van der Waals surface area contributed by atoms with Crippen LogP contribution in [0.1, 0.15) is 41.7 Å². The maximum Gasteiger partial charge on any atom is 0.573 e. The molecule has 3 rings (SSSR count). The van der Waals surface area contributed by atoms with Gasteiger partial charge in [0.15, 0.2) is 14.9 Å². The van der Waals surface area contributed by atoms with E-state index in [2.05, 4.69) is 15.0 Å². The van der Waals surface area contributed by atoms with Gasteiger partial charge in [-0.2, -0.15) is 13.2 Å². The van der Waals surface area contributed by atoms with Gasteiger partial charge in [-0.3, -0.25) is 4.79 Å². The predicted molar refractivity (Wildman–Crippen MR) is 116 cm³/mol. The van der Waals surface area contributed by atoms with Crippen LogP contribution in [0.2, 0.25) is 0 Å². The van der Waals surface area contributed by atoms with Crippen molar-refractivity contribution in [3.8, 4) is 5.75 Å². The van der Waals surface area contributed by atoms with E-state index >= 15 is 4.39 Å². The van der Waals surface area contributed by atoms with E-state index < -0.39 is 88.9 Å². The van der Waals surface area contributed by atoms with Crippen LogP contribution in [0.4, 0.5) is 30.7 Å². The summed E-state index contributed by atoms with van der Waals surface area (Å²) >= 11 is 0. The highest BCUT2D eigenvalue weighted by atomic mass is 32.2. The smallest absolute Gasteiger partial charge is 0.406 e. The van der Waals surface area contributed by atoms with Crippen molar-refractivity contribution in [1.29, 1.82) is 0 Å². The lowest BCUT2D eigenvalue weighted by Crippen LogP contribution is -2.45. The summed E-state index contributed by atoms with van der Waals surface area (Å²) in [6, 6.07) is 3.37. The molecule has 1 fully saturated rings. The lowest BCUT2D eigenvalue weighted by molar-refractivity contribution is -0.274. The van der Waals surface area contributed by atoms with Gasteiger partial charge in [0.1, 0.15) is 11.4 Å². The van der Waals surface area contributed by atoms with Crippen molar-refractivity contribution in [2.45, 2.75) is 59.2 Å². The molecule has 0 aliphatic heterocycles. The maximum absolute atomic E-state index is 15.6. The first kappa shape index (κ1) is 29.6. The number of carbonyl (C=O) groups excluding carboxylic acids is 1. The van der Waals surface area contributed by atoms with Crippen LogP contribution < -0.4 is 10.1 Å². The van der Waals surface area contributed by atoms with Gasteiger partial charge in [0.05, 0.1) is 10.5 Å². The van der Waals surface area contributed by atoms with Gasteiger partial charge in [0, 0.05) is 12.3 Å². The zero-order valence-corrected chi connectivity index (χ0v) is 20.9. The number of carbonyl (C=O) groups is 1. The van der Waals surface area contributed by atoms with Crippen molar-refractivity contribution in [2.75, 3.05) is 6.26 Å². The molecule has 0 spiro atoms. The van der Waals surface area contributed by atoms with Gasteiger partial charge in [-0.05, 0) is 56.0 Å². The van der Waals surface area contributed by atoms with Crippen molar-refractivity contribution < 1.29 is 57.1 Å². The Balaban J connectivity index is 1.76. The topological polar surface area (TPSA) is 119 Å². The number of rotatable bonds is 6. The minimum atomic E-state index is -5.11. The fourth-order valence-electron chi connectivity index (χ4n) is 3.83. The second-order valence-electron chi connectivity index (χ2n) is 8.48. The van der Waals surface area contributed by atoms with E-state index in [1.54, 1.807) is 0 Å². The molecule has 210 valence electrons. The highest BCUT2D eigenvalue weighted by molar-refractivity contribution is 7.92. The van der Waals surface area contributed by atoms with E-state index in [0.717, 1.165) is 18.2 Å². The Morgan fingerprint density at radius 1 is 1.03 bits per heavy atom. The summed E-state index contributed by atoms with van der Waals surface area (Å²) in [7, 11) is -9.19. The van der Waals surface area contributed by atoms with Gasteiger partial charge < -0.3 is 10.1 Å². The molecule has 38 heavy (non-hydrogen) atoms. The molecule has 1 heterocycles. The van der Waals surface area contributed by atoms with Crippen LogP contribution in [0, 0.1) is 0 Å². The van der Waals surface area contributed by atoms with Crippen LogP contribution in [0.5, 0.6) is 5.75 Å². The Morgan fingerprint density at radius 3 is 2.16 bits per heavy atom. The largest absolute Gasteiger partial charge is 0.573 e. The Hall–Kier alpha value is -2.95. The lowest BCUT2D eigenvalue weighted by Gasteiger charge is -2.34. The summed E-state index contributed by atoms with van der Waals surface area (Å²) in [5, 5.41) is -1.69. The van der Waals surface area contributed by atoms with Gasteiger partial charge in [-0.15, -0.1) is 13.2 Å². The number of halogens is 7. The quantitative estimate of drug-likeness (QED) is 0.499. The first-order chi connectivity index (χ1) is 17.2. The molecule has 0 atom stereocenters. The van der Waals surface area contributed by atoms with Crippen LogP contribution in [0.3, 0.4) is 0 Å². The minimum absolute atomic E-state index is 0.289. The SMILES string of the molecule is CS(=O)(=O)c1nc(C(F)(F)F)ccc1C(=O)N[C@H]1CC[C@](F)(S(=O)(=O)c2cccc(OC(F)(F)F)c2)CC1. The number of alkyl halides is 7. The molecule has 1 saturated carbocycles. The Labute approximate surface area is 212 Å². The highest BCUT2D eigenvalue weighted by Crippen LogP contribution is 2.41. The number of amides is 1. The molecule has 8 nitrogen and oxygen atoms in total. The third-order valence-corrected chi connectivity index (χ3v) is 8.90. The fraction of sp³-hybridized carbons (Fsp3) is 0.429. The number of benzene rings is 1. The fourth-order valence-corrected chi connectivity index (χ4v) is 6.38. The number of pyridine rings is 1. The maximum atomic E-state index is 15.6. The summed E-state index contributed by atoms with van der Waals surface area (Å²) < 4.78 is 145. The van der Waals surface area contributed by atoms with E-state index in [-0.39, 0.29) is 12.8 Å². The van der Waals surface area contributed by atoms with E-state index in [1.165, 1.54) is 0 Å². The van der Waals surface area contributed by atoms with Crippen LogP contribution in [-0.4, -0.2) is 51.4 Å². The van der Waals surface area contributed by atoms with Gasteiger partial charge in [0.2, 0.25) is 14.8 Å². The van der Waals surface area contributed by atoms with Crippen molar-refractivity contribution in [1.82, 2.24) is 10.3 Å². The van der Waals surface area contributed by atoms with Crippen molar-refractivity contribution in [3.63, 3.8) is 0 Å². The number of aromatic nitrogens is 1. The zero-order chi connectivity index (χ0) is 28.7. The van der Waals surface area contributed by atoms with E-state index in [9.17, 15) is 48.0 Å². The first-order valence-electron chi connectivity index (χ1n) is 10.6. The summed E-state index contributed by atoms with van der Waals surface area (Å²) in [4.78, 5) is 15.0. The average Bonchev–Trinajstić information content (AvgIpc) is 2.78. The van der Waals surface area contributed by atoms with Crippen molar-refractivity contribution in [2.24, 2.45) is 0 Å². The van der Waals surface area contributed by atoms with Crippen LogP contribution in [-0.2, 0) is 25.9 Å². The van der Waals surface area contributed by atoms with E-state index in [4.69, 9.17) is 0 Å². The molecule has 0 unspecified atom stereocenters. The molecule has 1 aromatic carbocycles. The van der Waals surface area contributed by atoms with Gasteiger partial charge in [-0.25, -0.2) is 26.2 Å². The average molecular weight is 593 g/mol. The predicted octanol–water partition coefficient (Wildman–Crippen LogP) is 4.21. The first-order valence-corrected chi connectivity index (χ1v) is 14.0. The molecule has 1 aliphatic carbocycles. The van der Waals surface area contributed by atoms with Crippen LogP contribution in [0.25, 0.3) is 0 Å². The van der Waals surface area contributed by atoms with Crippen molar-refractivity contribution >= 4 is 25.6 Å². The molecule has 17 heteroatoms. The van der Waals surface area contributed by atoms with Gasteiger partial charge in [0.25, 0.3) is 5.91 Å². The number of hydrogen-bond donors (Lipinski definition) is 1. The number of nitrogens with one attached hydrogen (secondary N) is 1. The van der Waals surface area contributed by atoms with E-state index in [0.29, 0.717) is 24.5 Å². The third kappa shape index (κ3) is 6.54. The zero-order valence-electron chi connectivity index (χ0n) is 19.2. The Kier molecular flexibility index (Phi) is 7.77. The normalized spacial score (nSPS) is 21.1. The number of nitrogens with zero attached hydrogens (tertiary/aromatic N) is 1. The molecule has 0 bridgehead atoms. The number of hydrogen-bond acceptors (Lipinski definition) is 7. The summed E-state index contributed by atoms with van der Waals surface area (Å²) in [6.07, 6.45) is -11.5. The number of ether oxygens (including phenoxy) is 1. The molecule has 0 saturated heterocycles. The van der Waals surface area contributed by atoms with Crippen LogP contribution >= 0.6 is 0 Å². The second kappa shape index (κ2) is 9.98. The molecular formula is C21H19F7N2O6S2. The monoisotopic (exact) mass is 592 g/mol. The molecule has 0 radical (unpaired) electrons. The third-order valence-electron chi connectivity index (χ3n) is 5.65. The molecule has 1 aliphatic rings. The second-order valence-corrected chi connectivity index (χ2v) is 12.6. The summed E-state index contributed by atoms with van der Waals surface area (Å²) in [5.74, 6) is -1.99. The molecular weight excluding hydrogens is 573 g/mol. The highest BCUT2D eigenvalue weighted by Gasteiger charge is 2.48.